The molecule has 0 fully saturated rings. The summed E-state index contributed by atoms with van der Waals surface area (Å²) in [5, 5.41) is 6.74. The largest absolute Gasteiger partial charge is 0.359 e. The normalized spacial score (nSPS) is 15.5. The second-order valence-corrected chi connectivity index (χ2v) is 8.24. The van der Waals surface area contributed by atoms with Crippen LogP contribution >= 0.6 is 0 Å². The molecule has 0 radical (unpaired) electrons. The van der Waals surface area contributed by atoms with Crippen LogP contribution < -0.4 is 15.5 Å². The van der Waals surface area contributed by atoms with E-state index < -0.39 is 0 Å². The van der Waals surface area contributed by atoms with Gasteiger partial charge in [0, 0.05) is 29.8 Å². The third kappa shape index (κ3) is 3.89. The van der Waals surface area contributed by atoms with E-state index in [2.05, 4.69) is 15.6 Å². The fraction of sp³-hybridized carbons (Fsp3) is 0.154. The number of aromatic amines is 1. The minimum absolute atomic E-state index is 0.0615. The number of urea groups is 2. The lowest BCUT2D eigenvalue weighted by molar-refractivity contribution is 0.196. The molecule has 166 valence electrons. The summed E-state index contributed by atoms with van der Waals surface area (Å²) in [6.07, 6.45) is 1.77. The van der Waals surface area contributed by atoms with Crippen LogP contribution in [0.5, 0.6) is 0 Å². The third-order valence-corrected chi connectivity index (χ3v) is 6.16. The van der Waals surface area contributed by atoms with Gasteiger partial charge in [0.25, 0.3) is 0 Å². The first-order valence-corrected chi connectivity index (χ1v) is 10.9. The van der Waals surface area contributed by atoms with Gasteiger partial charge < -0.3 is 20.5 Å². The first kappa shape index (κ1) is 20.6. The molecule has 0 saturated heterocycles. The van der Waals surface area contributed by atoms with Gasteiger partial charge in [0.15, 0.2) is 0 Å². The van der Waals surface area contributed by atoms with Crippen LogP contribution in [0.3, 0.4) is 0 Å². The van der Waals surface area contributed by atoms with Crippen LogP contribution in [-0.4, -0.2) is 29.0 Å². The number of H-pyrrole nitrogens is 1. The van der Waals surface area contributed by atoms with Crippen molar-refractivity contribution in [2.45, 2.75) is 19.5 Å². The topological polar surface area (TPSA) is 80.5 Å². The van der Waals surface area contributed by atoms with Gasteiger partial charge in [0.1, 0.15) is 0 Å². The van der Waals surface area contributed by atoms with E-state index in [0.29, 0.717) is 17.9 Å². The number of amides is 4. The number of nitrogens with one attached hydrogen (secondary N) is 3. The number of carbonyl (C=O) groups excluding carboxylic acids is 2. The Morgan fingerprint density at radius 3 is 2.58 bits per heavy atom. The molecule has 1 unspecified atom stereocenters. The average molecular weight is 440 g/mol. The van der Waals surface area contributed by atoms with Crippen LogP contribution in [0.25, 0.3) is 10.9 Å². The van der Waals surface area contributed by atoms with Crippen molar-refractivity contribution in [2.24, 2.45) is 0 Å². The highest BCUT2D eigenvalue weighted by molar-refractivity contribution is 6.06. The van der Waals surface area contributed by atoms with E-state index >= 15 is 0 Å². The van der Waals surface area contributed by atoms with Gasteiger partial charge in [0.05, 0.1) is 24.0 Å². The van der Waals surface area contributed by atoms with Gasteiger partial charge in [-0.25, -0.2) is 9.59 Å². The number of anilines is 3. The van der Waals surface area contributed by atoms with Crippen molar-refractivity contribution < 1.29 is 9.59 Å². The monoisotopic (exact) mass is 439 g/mol. The number of nitrogens with zero attached hydrogens (tertiary/aromatic N) is 2. The summed E-state index contributed by atoms with van der Waals surface area (Å²) in [7, 11) is 1.81. The molecule has 5 rings (SSSR count). The fourth-order valence-corrected chi connectivity index (χ4v) is 4.25. The number of benzene rings is 3. The van der Waals surface area contributed by atoms with E-state index in [1.54, 1.807) is 16.0 Å². The molecule has 33 heavy (non-hydrogen) atoms. The molecule has 1 aliphatic rings. The van der Waals surface area contributed by atoms with Crippen LogP contribution in [0, 0.1) is 0 Å². The number of hydrogen-bond acceptors (Lipinski definition) is 2. The first-order valence-electron chi connectivity index (χ1n) is 10.9. The summed E-state index contributed by atoms with van der Waals surface area (Å²) in [5.41, 5.74) is 5.16. The molecule has 7 nitrogen and oxygen atoms in total. The van der Waals surface area contributed by atoms with Crippen molar-refractivity contribution in [3.8, 4) is 0 Å². The van der Waals surface area contributed by atoms with E-state index in [1.807, 2.05) is 86.8 Å². The summed E-state index contributed by atoms with van der Waals surface area (Å²) >= 11 is 0. The summed E-state index contributed by atoms with van der Waals surface area (Å²) in [6, 6.07) is 22.9. The maximum atomic E-state index is 13.1. The van der Waals surface area contributed by atoms with E-state index in [-0.39, 0.29) is 18.1 Å². The van der Waals surface area contributed by atoms with Crippen molar-refractivity contribution in [3.05, 3.63) is 90.1 Å². The van der Waals surface area contributed by atoms with Gasteiger partial charge in [-0.2, -0.15) is 0 Å². The Balaban J connectivity index is 1.41. The molecule has 3 aromatic carbocycles. The van der Waals surface area contributed by atoms with Gasteiger partial charge >= 0.3 is 12.1 Å². The number of hydrogen-bond donors (Lipinski definition) is 3. The second-order valence-electron chi connectivity index (χ2n) is 8.24. The number of fused-ring (bicyclic) bond motifs is 2. The smallest absolute Gasteiger partial charge is 0.325 e. The summed E-state index contributed by atoms with van der Waals surface area (Å²) in [4.78, 5) is 32.5. The van der Waals surface area contributed by atoms with Crippen LogP contribution in [0.2, 0.25) is 0 Å². The maximum absolute atomic E-state index is 13.1. The van der Waals surface area contributed by atoms with Crippen LogP contribution in [0.15, 0.2) is 79.0 Å². The quantitative estimate of drug-likeness (QED) is 0.368. The molecule has 0 bridgehead atoms. The Labute approximate surface area is 192 Å². The van der Waals surface area contributed by atoms with E-state index in [0.717, 1.165) is 27.7 Å². The number of aromatic nitrogens is 1. The number of rotatable bonds is 4. The molecule has 7 heteroatoms. The highest BCUT2D eigenvalue weighted by Crippen LogP contribution is 2.38. The Hall–Kier alpha value is -4.26. The van der Waals surface area contributed by atoms with Crippen molar-refractivity contribution in [3.63, 3.8) is 0 Å². The molecular weight excluding hydrogens is 414 g/mol. The van der Waals surface area contributed by atoms with Crippen molar-refractivity contribution in [1.29, 1.82) is 0 Å². The minimum atomic E-state index is -0.346. The maximum Gasteiger partial charge on any atom is 0.325 e. The Morgan fingerprint density at radius 1 is 1.00 bits per heavy atom. The molecular formula is C26H25N5O2. The second kappa shape index (κ2) is 8.35. The van der Waals surface area contributed by atoms with Crippen molar-refractivity contribution in [2.75, 3.05) is 22.6 Å². The molecule has 1 aliphatic heterocycles. The Morgan fingerprint density at radius 2 is 1.76 bits per heavy atom. The van der Waals surface area contributed by atoms with Gasteiger partial charge in [-0.3, -0.25) is 4.90 Å². The lowest BCUT2D eigenvalue weighted by atomic mass is 10.00. The van der Waals surface area contributed by atoms with Crippen LogP contribution in [0.4, 0.5) is 26.7 Å². The zero-order valence-corrected chi connectivity index (χ0v) is 18.5. The molecule has 2 heterocycles. The first-order chi connectivity index (χ1) is 16.0. The number of carbonyl (C=O) groups is 2. The zero-order chi connectivity index (χ0) is 22.9. The summed E-state index contributed by atoms with van der Waals surface area (Å²) in [5.74, 6) is 0. The Bertz CT molecular complexity index is 1330. The Kier molecular flexibility index (Phi) is 5.22. The van der Waals surface area contributed by atoms with Gasteiger partial charge in [-0.15, -0.1) is 0 Å². The summed E-state index contributed by atoms with van der Waals surface area (Å²) < 4.78 is 0. The van der Waals surface area contributed by atoms with Gasteiger partial charge in [-0.05, 0) is 36.2 Å². The predicted molar refractivity (Wildman–Crippen MR) is 132 cm³/mol. The van der Waals surface area contributed by atoms with Crippen molar-refractivity contribution in [1.82, 2.24) is 9.88 Å². The standard InChI is InChI=1S/C26H25N5O2/c1-17-20-13-12-19(28-25(32)29-23-15-27-22-11-7-6-10-21(22)23)14-24(20)31(26(33)30(17)2)16-18-8-4-3-5-9-18/h3-15,17,27H,16H2,1-2H3,(H2,28,29,32). The highest BCUT2D eigenvalue weighted by atomic mass is 16.2. The molecule has 0 aliphatic carbocycles. The van der Waals surface area contributed by atoms with Gasteiger partial charge in [0.2, 0.25) is 0 Å². The van der Waals surface area contributed by atoms with Crippen molar-refractivity contribution >= 4 is 40.0 Å². The lowest BCUT2D eigenvalue weighted by Gasteiger charge is -2.39. The molecule has 1 atom stereocenters. The molecule has 0 saturated carbocycles. The highest BCUT2D eigenvalue weighted by Gasteiger charge is 2.33. The zero-order valence-electron chi connectivity index (χ0n) is 18.5. The van der Waals surface area contributed by atoms with E-state index in [9.17, 15) is 9.59 Å². The minimum Gasteiger partial charge on any atom is -0.359 e. The fourth-order valence-electron chi connectivity index (χ4n) is 4.25. The van der Waals surface area contributed by atoms with E-state index in [4.69, 9.17) is 0 Å². The third-order valence-electron chi connectivity index (χ3n) is 6.16. The molecule has 4 amide bonds. The molecule has 0 spiro atoms. The van der Waals surface area contributed by atoms with Crippen LogP contribution in [-0.2, 0) is 6.54 Å². The number of para-hydroxylation sites is 1. The van der Waals surface area contributed by atoms with Gasteiger partial charge in [-0.1, -0.05) is 54.6 Å². The van der Waals surface area contributed by atoms with E-state index in [1.165, 1.54) is 0 Å². The lowest BCUT2D eigenvalue weighted by Crippen LogP contribution is -2.46. The SMILES string of the molecule is CC1c2ccc(NC(=O)Nc3c[nH]c4ccccc34)cc2N(Cc2ccccc2)C(=O)N1C. The molecule has 1 aromatic heterocycles. The summed E-state index contributed by atoms with van der Waals surface area (Å²) in [6.45, 7) is 2.46. The average Bonchev–Trinajstić information content (AvgIpc) is 3.23. The predicted octanol–water partition coefficient (Wildman–Crippen LogP) is 5.94. The molecule has 3 N–H and O–H groups in total. The molecule has 4 aromatic rings. The van der Waals surface area contributed by atoms with Crippen LogP contribution in [0.1, 0.15) is 24.1 Å².